The van der Waals surface area contributed by atoms with Crippen LogP contribution in [0.2, 0.25) is 5.02 Å². The molecule has 0 fully saturated rings. The Bertz CT molecular complexity index is 501. The summed E-state index contributed by atoms with van der Waals surface area (Å²) in [6, 6.07) is 1.75. The van der Waals surface area contributed by atoms with Crippen molar-refractivity contribution in [3.8, 4) is 11.1 Å². The van der Waals surface area contributed by atoms with Gasteiger partial charge in [-0.2, -0.15) is 0 Å². The molecular formula is C10H9ClN4S. The summed E-state index contributed by atoms with van der Waals surface area (Å²) in [6.45, 7) is 0. The average molecular weight is 253 g/mol. The Kier molecular flexibility index (Phi) is 3.26. The molecular weight excluding hydrogens is 244 g/mol. The molecule has 0 saturated carbocycles. The van der Waals surface area contributed by atoms with Crippen LogP contribution in [0, 0.1) is 0 Å². The molecule has 16 heavy (non-hydrogen) atoms. The van der Waals surface area contributed by atoms with Crippen LogP contribution in [0.3, 0.4) is 0 Å². The Hall–Kier alpha value is -1.33. The Labute approximate surface area is 102 Å². The first-order chi connectivity index (χ1) is 7.70. The van der Waals surface area contributed by atoms with Gasteiger partial charge in [0.25, 0.3) is 0 Å². The highest BCUT2D eigenvalue weighted by atomic mass is 35.5. The van der Waals surface area contributed by atoms with Gasteiger partial charge in [0.1, 0.15) is 5.82 Å². The van der Waals surface area contributed by atoms with E-state index < -0.39 is 0 Å². The topological polar surface area (TPSA) is 64.7 Å². The number of hydrogen-bond acceptors (Lipinski definition) is 5. The maximum atomic E-state index is 5.89. The molecule has 4 nitrogen and oxygen atoms in total. The van der Waals surface area contributed by atoms with E-state index in [0.717, 1.165) is 16.3 Å². The van der Waals surface area contributed by atoms with Crippen molar-refractivity contribution < 1.29 is 0 Å². The van der Waals surface area contributed by atoms with E-state index >= 15 is 0 Å². The second-order valence-electron chi connectivity index (χ2n) is 3.05. The molecule has 2 rings (SSSR count). The Balaban J connectivity index is 2.38. The molecule has 0 unspecified atom stereocenters. The molecule has 0 radical (unpaired) electrons. The van der Waals surface area contributed by atoms with Crippen molar-refractivity contribution in [1.29, 1.82) is 0 Å². The molecule has 2 aromatic heterocycles. The number of hydrogen-bond donors (Lipinski definition) is 1. The molecule has 82 valence electrons. The van der Waals surface area contributed by atoms with Crippen LogP contribution < -0.4 is 5.73 Å². The summed E-state index contributed by atoms with van der Waals surface area (Å²) in [7, 11) is 0. The standard InChI is InChI=1S/C10H9ClN4S/c1-16-10-14-4-7(5-15-10)6-2-8(11)9(12)13-3-6/h2-5H,1H3,(H2,12,13). The second kappa shape index (κ2) is 4.67. The van der Waals surface area contributed by atoms with Gasteiger partial charge in [-0.15, -0.1) is 0 Å². The average Bonchev–Trinajstić information content (AvgIpc) is 2.33. The molecule has 0 amide bonds. The van der Waals surface area contributed by atoms with Crippen LogP contribution in [-0.4, -0.2) is 21.2 Å². The molecule has 0 aliphatic heterocycles. The van der Waals surface area contributed by atoms with Gasteiger partial charge in [-0.05, 0) is 12.3 Å². The molecule has 6 heteroatoms. The van der Waals surface area contributed by atoms with E-state index in [1.807, 2.05) is 6.26 Å². The van der Waals surface area contributed by atoms with E-state index in [2.05, 4.69) is 15.0 Å². The highest BCUT2D eigenvalue weighted by Crippen LogP contribution is 2.24. The van der Waals surface area contributed by atoms with E-state index in [1.54, 1.807) is 24.7 Å². The third kappa shape index (κ3) is 2.25. The van der Waals surface area contributed by atoms with Gasteiger partial charge in [0.2, 0.25) is 0 Å². The van der Waals surface area contributed by atoms with Crippen molar-refractivity contribution in [2.45, 2.75) is 5.16 Å². The normalized spacial score (nSPS) is 10.4. The lowest BCUT2D eigenvalue weighted by atomic mass is 10.1. The fourth-order valence-corrected chi connectivity index (χ4v) is 1.66. The van der Waals surface area contributed by atoms with Gasteiger partial charge >= 0.3 is 0 Å². The molecule has 0 spiro atoms. The summed E-state index contributed by atoms with van der Waals surface area (Å²) in [6.07, 6.45) is 7.06. The van der Waals surface area contributed by atoms with Gasteiger partial charge in [0.05, 0.1) is 5.02 Å². The van der Waals surface area contributed by atoms with Crippen LogP contribution in [0.15, 0.2) is 29.8 Å². The van der Waals surface area contributed by atoms with Crippen molar-refractivity contribution in [3.05, 3.63) is 29.7 Å². The second-order valence-corrected chi connectivity index (χ2v) is 4.23. The highest BCUT2D eigenvalue weighted by Gasteiger charge is 2.03. The van der Waals surface area contributed by atoms with Gasteiger partial charge in [-0.3, -0.25) is 0 Å². The number of pyridine rings is 1. The van der Waals surface area contributed by atoms with E-state index in [9.17, 15) is 0 Å². The molecule has 0 aliphatic rings. The molecule has 0 bridgehead atoms. The lowest BCUT2D eigenvalue weighted by Crippen LogP contribution is -1.92. The zero-order valence-electron chi connectivity index (χ0n) is 8.51. The monoisotopic (exact) mass is 252 g/mol. The molecule has 2 aromatic rings. The van der Waals surface area contributed by atoms with Gasteiger partial charge in [-0.1, -0.05) is 23.4 Å². The van der Waals surface area contributed by atoms with Gasteiger partial charge in [0.15, 0.2) is 5.16 Å². The maximum absolute atomic E-state index is 5.89. The Morgan fingerprint density at radius 2 is 1.75 bits per heavy atom. The fraction of sp³-hybridized carbons (Fsp3) is 0.100. The van der Waals surface area contributed by atoms with Crippen LogP contribution in [0.4, 0.5) is 5.82 Å². The molecule has 0 atom stereocenters. The maximum Gasteiger partial charge on any atom is 0.187 e. The summed E-state index contributed by atoms with van der Waals surface area (Å²) in [5, 5.41) is 1.17. The van der Waals surface area contributed by atoms with E-state index in [-0.39, 0.29) is 0 Å². The summed E-state index contributed by atoms with van der Waals surface area (Å²) in [4.78, 5) is 12.3. The zero-order valence-corrected chi connectivity index (χ0v) is 10.1. The first-order valence-electron chi connectivity index (χ1n) is 4.48. The fourth-order valence-electron chi connectivity index (χ4n) is 1.18. The van der Waals surface area contributed by atoms with Gasteiger partial charge in [-0.25, -0.2) is 15.0 Å². The SMILES string of the molecule is CSc1ncc(-c2cnc(N)c(Cl)c2)cn1. The lowest BCUT2D eigenvalue weighted by Gasteiger charge is -2.03. The number of nitrogens with two attached hydrogens (primary N) is 1. The smallest absolute Gasteiger partial charge is 0.187 e. The Morgan fingerprint density at radius 1 is 1.12 bits per heavy atom. The number of halogens is 1. The van der Waals surface area contributed by atoms with Gasteiger partial charge < -0.3 is 5.73 Å². The third-order valence-corrected chi connectivity index (χ3v) is 2.89. The predicted octanol–water partition coefficient (Wildman–Crippen LogP) is 2.50. The number of nitrogens with zero attached hydrogens (tertiary/aromatic N) is 3. The number of anilines is 1. The van der Waals surface area contributed by atoms with E-state index in [4.69, 9.17) is 17.3 Å². The molecule has 0 aromatic carbocycles. The van der Waals surface area contributed by atoms with Crippen LogP contribution in [-0.2, 0) is 0 Å². The number of thioether (sulfide) groups is 1. The summed E-state index contributed by atoms with van der Waals surface area (Å²) < 4.78 is 0. The quantitative estimate of drug-likeness (QED) is 0.657. The van der Waals surface area contributed by atoms with Crippen LogP contribution >= 0.6 is 23.4 Å². The molecule has 2 N–H and O–H groups in total. The van der Waals surface area contributed by atoms with Crippen molar-refractivity contribution in [2.24, 2.45) is 0 Å². The van der Waals surface area contributed by atoms with Crippen molar-refractivity contribution >= 4 is 29.2 Å². The number of rotatable bonds is 2. The molecule has 2 heterocycles. The van der Waals surface area contributed by atoms with Crippen LogP contribution in [0.25, 0.3) is 11.1 Å². The summed E-state index contributed by atoms with van der Waals surface area (Å²) >= 11 is 7.38. The summed E-state index contributed by atoms with van der Waals surface area (Å²) in [5.41, 5.74) is 7.26. The zero-order chi connectivity index (χ0) is 11.5. The molecule has 0 aliphatic carbocycles. The van der Waals surface area contributed by atoms with Crippen LogP contribution in [0.5, 0.6) is 0 Å². The van der Waals surface area contributed by atoms with Crippen LogP contribution in [0.1, 0.15) is 0 Å². The van der Waals surface area contributed by atoms with Crippen molar-refractivity contribution in [2.75, 3.05) is 12.0 Å². The largest absolute Gasteiger partial charge is 0.382 e. The lowest BCUT2D eigenvalue weighted by molar-refractivity contribution is 0.973. The first kappa shape index (κ1) is 11.2. The third-order valence-electron chi connectivity index (χ3n) is 2.01. The minimum atomic E-state index is 0.326. The molecule has 0 saturated heterocycles. The van der Waals surface area contributed by atoms with E-state index in [0.29, 0.717) is 10.8 Å². The number of nitrogen functional groups attached to an aromatic ring is 1. The Morgan fingerprint density at radius 3 is 2.31 bits per heavy atom. The first-order valence-corrected chi connectivity index (χ1v) is 6.08. The van der Waals surface area contributed by atoms with Crippen molar-refractivity contribution in [1.82, 2.24) is 15.0 Å². The highest BCUT2D eigenvalue weighted by molar-refractivity contribution is 7.98. The predicted molar refractivity (Wildman–Crippen MR) is 66.5 cm³/mol. The van der Waals surface area contributed by atoms with E-state index in [1.165, 1.54) is 11.8 Å². The minimum Gasteiger partial charge on any atom is -0.382 e. The van der Waals surface area contributed by atoms with Crippen molar-refractivity contribution in [3.63, 3.8) is 0 Å². The van der Waals surface area contributed by atoms with Gasteiger partial charge in [0, 0.05) is 29.7 Å². The summed E-state index contributed by atoms with van der Waals surface area (Å²) in [5.74, 6) is 0.326. The number of aromatic nitrogens is 3. The minimum absolute atomic E-state index is 0.326.